The van der Waals surface area contributed by atoms with Gasteiger partial charge in [-0.2, -0.15) is 0 Å². The first-order valence-corrected chi connectivity index (χ1v) is 14.7. The lowest BCUT2D eigenvalue weighted by molar-refractivity contribution is 0.666. The van der Waals surface area contributed by atoms with E-state index in [0.29, 0.717) is 5.82 Å². The van der Waals surface area contributed by atoms with Crippen LogP contribution in [-0.2, 0) is 5.41 Å². The predicted molar refractivity (Wildman–Crippen MR) is 177 cm³/mol. The summed E-state index contributed by atoms with van der Waals surface area (Å²) in [7, 11) is 0. The predicted octanol–water partition coefficient (Wildman–Crippen LogP) is 10.00. The number of benzene rings is 5. The summed E-state index contributed by atoms with van der Waals surface area (Å²) in [5.41, 5.74) is 12.4. The van der Waals surface area contributed by atoms with Crippen molar-refractivity contribution in [1.29, 1.82) is 0 Å². The van der Waals surface area contributed by atoms with E-state index in [9.17, 15) is 0 Å². The highest BCUT2D eigenvalue weighted by atomic mass is 14.9. The minimum Gasteiger partial charge on any atom is -0.264 e. The molecule has 0 atom stereocenters. The molecule has 3 heteroatoms. The summed E-state index contributed by atoms with van der Waals surface area (Å²) < 4.78 is 0. The van der Waals surface area contributed by atoms with Crippen LogP contribution >= 0.6 is 0 Å². The van der Waals surface area contributed by atoms with Gasteiger partial charge in [0, 0.05) is 34.5 Å². The molecule has 0 unspecified atom stereocenters. The molecule has 0 spiro atoms. The fraction of sp³-hybridized carbons (Fsp3) is 0.0750. The van der Waals surface area contributed by atoms with Crippen LogP contribution in [0.25, 0.3) is 66.9 Å². The molecule has 8 rings (SSSR count). The molecule has 43 heavy (non-hydrogen) atoms. The zero-order valence-electron chi connectivity index (χ0n) is 24.1. The lowest BCUT2D eigenvalue weighted by atomic mass is 9.80. The molecule has 0 aliphatic heterocycles. The highest BCUT2D eigenvalue weighted by molar-refractivity contribution is 5.98. The summed E-state index contributed by atoms with van der Waals surface area (Å²) in [6.45, 7) is 4.69. The Kier molecular flexibility index (Phi) is 5.80. The van der Waals surface area contributed by atoms with E-state index in [2.05, 4.69) is 134 Å². The second-order valence-electron chi connectivity index (χ2n) is 11.7. The molecule has 0 fully saturated rings. The summed E-state index contributed by atoms with van der Waals surface area (Å²) in [5.74, 6) is 0.710. The van der Waals surface area contributed by atoms with Crippen LogP contribution in [0.3, 0.4) is 0 Å². The highest BCUT2D eigenvalue weighted by Crippen LogP contribution is 2.52. The Bertz CT molecular complexity index is 2130. The number of rotatable bonds is 4. The number of hydrogen-bond acceptors (Lipinski definition) is 3. The molecule has 1 aliphatic carbocycles. The summed E-state index contributed by atoms with van der Waals surface area (Å²) >= 11 is 0. The maximum absolute atomic E-state index is 5.15. The molecule has 2 heterocycles. The van der Waals surface area contributed by atoms with E-state index < -0.39 is 0 Å². The van der Waals surface area contributed by atoms with E-state index in [0.717, 1.165) is 39.2 Å². The van der Waals surface area contributed by atoms with E-state index in [1.165, 1.54) is 33.0 Å². The highest BCUT2D eigenvalue weighted by Gasteiger charge is 2.37. The van der Waals surface area contributed by atoms with Crippen LogP contribution in [0.2, 0.25) is 0 Å². The van der Waals surface area contributed by atoms with Gasteiger partial charge in [0.05, 0.1) is 11.4 Å². The molecule has 0 saturated carbocycles. The van der Waals surface area contributed by atoms with Crippen molar-refractivity contribution < 1.29 is 0 Å². The average Bonchev–Trinajstić information content (AvgIpc) is 3.31. The minimum atomic E-state index is -0.0912. The number of nitrogens with zero attached hydrogens (tertiary/aromatic N) is 3. The van der Waals surface area contributed by atoms with Crippen molar-refractivity contribution in [3.05, 3.63) is 151 Å². The Hall–Kier alpha value is -5.41. The monoisotopic (exact) mass is 551 g/mol. The summed E-state index contributed by atoms with van der Waals surface area (Å²) in [5, 5.41) is 2.61. The number of hydrogen-bond donors (Lipinski definition) is 0. The third kappa shape index (κ3) is 4.24. The first kappa shape index (κ1) is 25.3. The van der Waals surface area contributed by atoms with Gasteiger partial charge >= 0.3 is 0 Å². The van der Waals surface area contributed by atoms with Gasteiger partial charge in [-0.3, -0.25) is 4.98 Å². The smallest absolute Gasteiger partial charge is 0.160 e. The van der Waals surface area contributed by atoms with Crippen LogP contribution in [0.15, 0.2) is 140 Å². The molecular weight excluding hydrogens is 522 g/mol. The molecule has 0 radical (unpaired) electrons. The van der Waals surface area contributed by atoms with Crippen molar-refractivity contribution in [1.82, 2.24) is 15.0 Å². The van der Waals surface area contributed by atoms with Gasteiger partial charge in [-0.1, -0.05) is 123 Å². The van der Waals surface area contributed by atoms with Gasteiger partial charge in [-0.15, -0.1) is 0 Å². The molecule has 1 aliphatic rings. The Morgan fingerprint density at radius 1 is 0.512 bits per heavy atom. The van der Waals surface area contributed by atoms with Gasteiger partial charge < -0.3 is 0 Å². The lowest BCUT2D eigenvalue weighted by Gasteiger charge is -2.23. The third-order valence-electron chi connectivity index (χ3n) is 8.77. The van der Waals surface area contributed by atoms with Gasteiger partial charge in [0.15, 0.2) is 5.82 Å². The van der Waals surface area contributed by atoms with Crippen LogP contribution in [0, 0.1) is 0 Å². The number of aromatic nitrogens is 3. The summed E-state index contributed by atoms with van der Waals surface area (Å²) in [6, 6.07) is 45.0. The van der Waals surface area contributed by atoms with Crippen molar-refractivity contribution in [3.63, 3.8) is 0 Å². The molecule has 2 aromatic heterocycles. The Morgan fingerprint density at radius 2 is 1.21 bits per heavy atom. The van der Waals surface area contributed by atoms with E-state index in [1.807, 2.05) is 18.3 Å². The largest absolute Gasteiger partial charge is 0.264 e. The SMILES string of the molecule is CC1(C)c2ccc(-c3cc(-c4ccccc4)nc(-c4ccc(-c5cccnc5)cc4)n3)cc2-c2ccc3ccccc3c21. The van der Waals surface area contributed by atoms with Gasteiger partial charge in [-0.05, 0) is 62.4 Å². The normalized spacial score (nSPS) is 13.1. The Balaban J connectivity index is 1.27. The molecule has 5 aromatic carbocycles. The van der Waals surface area contributed by atoms with E-state index in [1.54, 1.807) is 6.20 Å². The molecule has 0 amide bonds. The number of pyridine rings is 1. The zero-order chi connectivity index (χ0) is 29.0. The van der Waals surface area contributed by atoms with Crippen LogP contribution in [0.1, 0.15) is 25.0 Å². The maximum atomic E-state index is 5.15. The van der Waals surface area contributed by atoms with E-state index in [4.69, 9.17) is 9.97 Å². The van der Waals surface area contributed by atoms with Crippen LogP contribution < -0.4 is 0 Å². The van der Waals surface area contributed by atoms with Gasteiger partial charge in [0.2, 0.25) is 0 Å². The molecule has 3 nitrogen and oxygen atoms in total. The molecule has 0 bridgehead atoms. The molecule has 7 aromatic rings. The first-order chi connectivity index (χ1) is 21.1. The second-order valence-corrected chi connectivity index (χ2v) is 11.7. The van der Waals surface area contributed by atoms with Crippen molar-refractivity contribution in [2.75, 3.05) is 0 Å². The molecular formula is C40H29N3. The fourth-order valence-electron chi connectivity index (χ4n) is 6.60. The molecule has 204 valence electrons. The molecule has 0 N–H and O–H groups in total. The van der Waals surface area contributed by atoms with Crippen LogP contribution in [0.4, 0.5) is 0 Å². The number of fused-ring (bicyclic) bond motifs is 5. The average molecular weight is 552 g/mol. The molecule has 0 saturated heterocycles. The second kappa shape index (κ2) is 9.85. The summed E-state index contributed by atoms with van der Waals surface area (Å²) in [4.78, 5) is 14.5. The van der Waals surface area contributed by atoms with Crippen molar-refractivity contribution in [2.45, 2.75) is 19.3 Å². The zero-order valence-corrected chi connectivity index (χ0v) is 24.1. The maximum Gasteiger partial charge on any atom is 0.160 e. The first-order valence-electron chi connectivity index (χ1n) is 14.7. The lowest BCUT2D eigenvalue weighted by Crippen LogP contribution is -2.15. The van der Waals surface area contributed by atoms with E-state index in [-0.39, 0.29) is 5.41 Å². The van der Waals surface area contributed by atoms with Crippen LogP contribution in [0.5, 0.6) is 0 Å². The standard InChI is InChI=1S/C40H29N3/c1-40(2)35-21-19-30(23-34(35)33-20-18-27-9-6-7-13-32(27)38(33)40)37-24-36(28-10-4-3-5-11-28)42-39(43-37)29-16-14-26(15-17-29)31-12-8-22-41-25-31/h3-25H,1-2H3. The minimum absolute atomic E-state index is 0.0912. The van der Waals surface area contributed by atoms with E-state index >= 15 is 0 Å². The van der Waals surface area contributed by atoms with Crippen molar-refractivity contribution in [2.24, 2.45) is 0 Å². The van der Waals surface area contributed by atoms with Gasteiger partial charge in [0.25, 0.3) is 0 Å². The van der Waals surface area contributed by atoms with Crippen molar-refractivity contribution in [3.8, 4) is 56.2 Å². The Morgan fingerprint density at radius 3 is 2.00 bits per heavy atom. The van der Waals surface area contributed by atoms with Gasteiger partial charge in [-0.25, -0.2) is 9.97 Å². The Labute approximate surface area is 251 Å². The summed E-state index contributed by atoms with van der Waals surface area (Å²) in [6.07, 6.45) is 3.68. The quantitative estimate of drug-likeness (QED) is 0.218. The van der Waals surface area contributed by atoms with Gasteiger partial charge in [0.1, 0.15) is 0 Å². The third-order valence-corrected chi connectivity index (χ3v) is 8.77. The fourth-order valence-corrected chi connectivity index (χ4v) is 6.60. The van der Waals surface area contributed by atoms with Crippen molar-refractivity contribution >= 4 is 10.8 Å². The van der Waals surface area contributed by atoms with Crippen LogP contribution in [-0.4, -0.2) is 15.0 Å². The topological polar surface area (TPSA) is 38.7 Å².